The van der Waals surface area contributed by atoms with E-state index in [1.54, 1.807) is 6.92 Å². The average Bonchev–Trinajstić information content (AvgIpc) is 3.21. The van der Waals surface area contributed by atoms with Gasteiger partial charge in [-0.25, -0.2) is 4.79 Å². The second kappa shape index (κ2) is 10.6. The van der Waals surface area contributed by atoms with Gasteiger partial charge in [-0.15, -0.1) is 0 Å². The number of H-pyrrole nitrogens is 1. The zero-order valence-corrected chi connectivity index (χ0v) is 19.5. The van der Waals surface area contributed by atoms with E-state index in [9.17, 15) is 27.6 Å². The first kappa shape index (κ1) is 25.5. The van der Waals surface area contributed by atoms with E-state index in [0.29, 0.717) is 11.3 Å². The fourth-order valence-corrected chi connectivity index (χ4v) is 3.73. The third kappa shape index (κ3) is 6.16. The largest absolute Gasteiger partial charge is 0.484 e. The van der Waals surface area contributed by atoms with Crippen molar-refractivity contribution in [3.63, 3.8) is 0 Å². The highest BCUT2D eigenvalue weighted by Crippen LogP contribution is 2.30. The third-order valence-corrected chi connectivity index (χ3v) is 5.44. The number of ketones is 1. The number of benzene rings is 3. The lowest BCUT2D eigenvalue weighted by atomic mass is 10.1. The lowest BCUT2D eigenvalue weighted by Gasteiger charge is -2.11. The number of hydrogen-bond acceptors (Lipinski definition) is 5. The summed E-state index contributed by atoms with van der Waals surface area (Å²) in [6, 6.07) is 17.2. The molecule has 4 aromatic rings. The van der Waals surface area contributed by atoms with Crippen LogP contribution in [-0.2, 0) is 15.7 Å². The summed E-state index contributed by atoms with van der Waals surface area (Å²) < 4.78 is 48.9. The van der Waals surface area contributed by atoms with E-state index in [1.807, 2.05) is 24.3 Å². The molecule has 1 amide bonds. The molecular weight excluding hydrogens is 489 g/mol. The molecule has 0 bridgehead atoms. The number of alkyl halides is 3. The number of nitrogens with one attached hydrogen (secondary N) is 2. The summed E-state index contributed by atoms with van der Waals surface area (Å²) in [6.45, 7) is 0.877. The van der Waals surface area contributed by atoms with Gasteiger partial charge in [0, 0.05) is 27.8 Å². The maximum absolute atomic E-state index is 12.8. The Morgan fingerprint density at radius 2 is 1.65 bits per heavy atom. The van der Waals surface area contributed by atoms with Crippen LogP contribution in [0.3, 0.4) is 0 Å². The van der Waals surface area contributed by atoms with Crippen LogP contribution >= 0.6 is 0 Å². The van der Waals surface area contributed by atoms with E-state index in [2.05, 4.69) is 10.3 Å². The summed E-state index contributed by atoms with van der Waals surface area (Å²) in [5.41, 5.74) is 1.24. The first-order valence-corrected chi connectivity index (χ1v) is 11.1. The summed E-state index contributed by atoms with van der Waals surface area (Å²) in [6.07, 6.45) is -4.53. The maximum Gasteiger partial charge on any atom is 0.416 e. The minimum atomic E-state index is -4.53. The monoisotopic (exact) mass is 510 g/mol. The number of carbonyl (C=O) groups is 3. The molecule has 0 radical (unpaired) electrons. The standard InChI is InChI=1S/C27H21F3N2O5/c1-16-25(21-7-2-3-8-22(21)31-16)23(33)14-37-26(35)17-9-11-20(12-10-17)36-15-24(34)32-19-6-4-5-18(13-19)27(28,29)30/h2-13,31H,14-15H2,1H3,(H,32,34). The minimum absolute atomic E-state index is 0.0149. The van der Waals surface area contributed by atoms with Gasteiger partial charge >= 0.3 is 12.1 Å². The van der Waals surface area contributed by atoms with Crippen LogP contribution in [0, 0.1) is 6.92 Å². The van der Waals surface area contributed by atoms with Crippen LogP contribution in [0.1, 0.15) is 32.0 Å². The summed E-state index contributed by atoms with van der Waals surface area (Å²) in [7, 11) is 0. The molecule has 0 saturated heterocycles. The van der Waals surface area contributed by atoms with Gasteiger partial charge in [-0.05, 0) is 55.5 Å². The van der Waals surface area contributed by atoms with Crippen molar-refractivity contribution in [2.45, 2.75) is 13.1 Å². The molecule has 1 aromatic heterocycles. The number of aromatic nitrogens is 1. The molecule has 10 heteroatoms. The highest BCUT2D eigenvalue weighted by molar-refractivity contribution is 6.10. The second-order valence-corrected chi connectivity index (χ2v) is 8.11. The predicted octanol–water partition coefficient (Wildman–Crippen LogP) is 5.55. The Hall–Kier alpha value is -4.60. The number of para-hydroxylation sites is 1. The van der Waals surface area contributed by atoms with E-state index in [4.69, 9.17) is 9.47 Å². The number of rotatable bonds is 8. The number of halogens is 3. The first-order valence-electron chi connectivity index (χ1n) is 11.1. The second-order valence-electron chi connectivity index (χ2n) is 8.11. The van der Waals surface area contributed by atoms with Gasteiger partial charge in [0.25, 0.3) is 5.91 Å². The number of aryl methyl sites for hydroxylation is 1. The molecule has 0 saturated carbocycles. The van der Waals surface area contributed by atoms with E-state index >= 15 is 0 Å². The van der Waals surface area contributed by atoms with Crippen LogP contribution in [0.5, 0.6) is 5.75 Å². The van der Waals surface area contributed by atoms with Gasteiger partial charge in [-0.2, -0.15) is 13.2 Å². The quantitative estimate of drug-likeness (QED) is 0.239. The lowest BCUT2D eigenvalue weighted by Crippen LogP contribution is -2.20. The predicted molar refractivity (Wildman–Crippen MR) is 130 cm³/mol. The highest BCUT2D eigenvalue weighted by Gasteiger charge is 2.30. The third-order valence-electron chi connectivity index (χ3n) is 5.44. The van der Waals surface area contributed by atoms with Gasteiger partial charge in [-0.3, -0.25) is 9.59 Å². The normalized spacial score (nSPS) is 11.2. The van der Waals surface area contributed by atoms with Gasteiger partial charge in [0.2, 0.25) is 5.78 Å². The lowest BCUT2D eigenvalue weighted by molar-refractivity contribution is -0.137. The molecule has 0 unspecified atom stereocenters. The number of ether oxygens (including phenoxy) is 2. The van der Waals surface area contributed by atoms with Crippen LogP contribution < -0.4 is 10.1 Å². The van der Waals surface area contributed by atoms with Crippen LogP contribution in [0.4, 0.5) is 18.9 Å². The molecule has 0 spiro atoms. The van der Waals surface area contributed by atoms with Gasteiger partial charge in [-0.1, -0.05) is 24.3 Å². The number of fused-ring (bicyclic) bond motifs is 1. The molecule has 0 aliphatic heterocycles. The maximum atomic E-state index is 12.8. The molecular formula is C27H21F3N2O5. The zero-order chi connectivity index (χ0) is 26.6. The Morgan fingerprint density at radius 3 is 2.38 bits per heavy atom. The summed E-state index contributed by atoms with van der Waals surface area (Å²) >= 11 is 0. The van der Waals surface area contributed by atoms with Gasteiger partial charge < -0.3 is 19.8 Å². The SMILES string of the molecule is Cc1[nH]c2ccccc2c1C(=O)COC(=O)c1ccc(OCC(=O)Nc2cccc(C(F)(F)F)c2)cc1. The van der Waals surface area contributed by atoms with E-state index in [0.717, 1.165) is 23.0 Å². The van der Waals surface area contributed by atoms with E-state index < -0.39 is 36.8 Å². The van der Waals surface area contributed by atoms with Crippen molar-refractivity contribution in [1.82, 2.24) is 4.98 Å². The van der Waals surface area contributed by atoms with Crippen molar-refractivity contribution in [2.75, 3.05) is 18.5 Å². The van der Waals surface area contributed by atoms with Crippen molar-refractivity contribution in [1.29, 1.82) is 0 Å². The molecule has 0 aliphatic rings. The molecule has 3 aromatic carbocycles. The number of aromatic amines is 1. The number of esters is 1. The Bertz CT molecular complexity index is 1460. The Morgan fingerprint density at radius 1 is 0.919 bits per heavy atom. The Labute approximate surface area is 209 Å². The first-order chi connectivity index (χ1) is 17.6. The van der Waals surface area contributed by atoms with E-state index in [-0.39, 0.29) is 22.8 Å². The van der Waals surface area contributed by atoms with E-state index in [1.165, 1.54) is 36.4 Å². The fraction of sp³-hybridized carbons (Fsp3) is 0.148. The summed E-state index contributed by atoms with van der Waals surface area (Å²) in [5, 5.41) is 3.09. The molecule has 37 heavy (non-hydrogen) atoms. The van der Waals surface area contributed by atoms with Crippen LogP contribution in [0.2, 0.25) is 0 Å². The number of amides is 1. The van der Waals surface area contributed by atoms with Crippen molar-refractivity contribution >= 4 is 34.3 Å². The summed E-state index contributed by atoms with van der Waals surface area (Å²) in [5.74, 6) is -1.45. The molecule has 2 N–H and O–H groups in total. The van der Waals surface area contributed by atoms with Crippen molar-refractivity contribution in [2.24, 2.45) is 0 Å². The van der Waals surface area contributed by atoms with Gasteiger partial charge in [0.05, 0.1) is 11.1 Å². The topological polar surface area (TPSA) is 97.5 Å². The van der Waals surface area contributed by atoms with Crippen LogP contribution in [-0.4, -0.2) is 35.9 Å². The molecule has 1 heterocycles. The molecule has 0 atom stereocenters. The average molecular weight is 510 g/mol. The van der Waals surface area contributed by atoms with Crippen molar-refractivity contribution < 1.29 is 37.0 Å². The smallest absolute Gasteiger partial charge is 0.416 e. The van der Waals surface area contributed by atoms with Crippen molar-refractivity contribution in [3.05, 3.63) is 95.2 Å². The number of carbonyl (C=O) groups excluding carboxylic acids is 3. The molecule has 0 fully saturated rings. The van der Waals surface area contributed by atoms with Crippen LogP contribution in [0.25, 0.3) is 10.9 Å². The molecule has 7 nitrogen and oxygen atoms in total. The number of hydrogen-bond donors (Lipinski definition) is 2. The number of anilines is 1. The summed E-state index contributed by atoms with van der Waals surface area (Å²) in [4.78, 5) is 40.2. The highest BCUT2D eigenvalue weighted by atomic mass is 19.4. The minimum Gasteiger partial charge on any atom is -0.484 e. The fourth-order valence-electron chi connectivity index (χ4n) is 3.73. The number of Topliss-reactive ketones (excluding diaryl/α,β-unsaturated/α-hetero) is 1. The van der Waals surface area contributed by atoms with Gasteiger partial charge in [0.15, 0.2) is 13.2 Å². The molecule has 190 valence electrons. The Balaban J connectivity index is 1.28. The Kier molecular flexibility index (Phi) is 7.28. The zero-order valence-electron chi connectivity index (χ0n) is 19.5. The van der Waals surface area contributed by atoms with Crippen molar-refractivity contribution in [3.8, 4) is 5.75 Å². The molecule has 0 aliphatic carbocycles. The van der Waals surface area contributed by atoms with Crippen LogP contribution in [0.15, 0.2) is 72.8 Å². The molecule has 4 rings (SSSR count). The van der Waals surface area contributed by atoms with Gasteiger partial charge in [0.1, 0.15) is 5.75 Å².